The van der Waals surface area contributed by atoms with Crippen LogP contribution in [-0.4, -0.2) is 19.7 Å². The number of halogens is 3. The summed E-state index contributed by atoms with van der Waals surface area (Å²) in [6, 6.07) is 23.6. The summed E-state index contributed by atoms with van der Waals surface area (Å²) < 4.78 is 9.35. The molecule has 5 nitrogen and oxygen atoms in total. The summed E-state index contributed by atoms with van der Waals surface area (Å²) in [7, 11) is 0. The van der Waals surface area contributed by atoms with Crippen LogP contribution in [0.5, 0.6) is 0 Å². The van der Waals surface area contributed by atoms with Gasteiger partial charge in [-0.05, 0) is 73.9 Å². The van der Waals surface area contributed by atoms with Gasteiger partial charge >= 0.3 is 0 Å². The van der Waals surface area contributed by atoms with Crippen molar-refractivity contribution in [3.05, 3.63) is 104 Å². The minimum atomic E-state index is -0.260. The lowest BCUT2D eigenvalue weighted by Gasteiger charge is -2.11. The molecule has 0 bridgehead atoms. The Kier molecular flexibility index (Phi) is 5.55. The number of hydrogen-bond donors (Lipinski definition) is 0. The predicted octanol–water partition coefficient (Wildman–Crippen LogP) is 8.05. The molecule has 0 aliphatic heterocycles. The summed E-state index contributed by atoms with van der Waals surface area (Å²) in [6.45, 7) is 2.00. The molecular weight excluding hydrogens is 547 g/mol. The molecule has 8 heteroatoms. The second kappa shape index (κ2) is 8.63. The van der Waals surface area contributed by atoms with E-state index in [1.54, 1.807) is 0 Å². The molecule has 0 unspecified atom stereocenters. The first-order valence-corrected chi connectivity index (χ1v) is 12.7. The van der Waals surface area contributed by atoms with Crippen molar-refractivity contribution < 1.29 is 4.42 Å². The Morgan fingerprint density at radius 1 is 0.914 bits per heavy atom. The molecule has 174 valence electrons. The molecule has 1 aliphatic rings. The zero-order valence-electron chi connectivity index (χ0n) is 18.7. The smallest absolute Gasteiger partial charge is 0.268 e. The Morgan fingerprint density at radius 3 is 2.31 bits per heavy atom. The third-order valence-electron chi connectivity index (χ3n) is 6.49. The first-order chi connectivity index (χ1) is 17.0. The Hall–Kier alpha value is -2.93. The first-order valence-electron chi connectivity index (χ1n) is 11.2. The van der Waals surface area contributed by atoms with Crippen molar-refractivity contribution in [2.45, 2.75) is 25.2 Å². The van der Waals surface area contributed by atoms with Crippen LogP contribution >= 0.6 is 39.1 Å². The number of benzene rings is 3. The third-order valence-corrected chi connectivity index (χ3v) is 7.60. The van der Waals surface area contributed by atoms with Gasteiger partial charge in [0.05, 0.1) is 16.1 Å². The zero-order chi connectivity index (χ0) is 24.2. The third kappa shape index (κ3) is 3.90. The highest BCUT2D eigenvalue weighted by Crippen LogP contribution is 2.53. The second-order valence-corrected chi connectivity index (χ2v) is 10.4. The maximum absolute atomic E-state index is 6.58. The molecule has 35 heavy (non-hydrogen) atoms. The molecule has 0 saturated heterocycles. The number of aromatic nitrogens is 4. The van der Waals surface area contributed by atoms with E-state index in [-0.39, 0.29) is 5.41 Å². The van der Waals surface area contributed by atoms with Crippen LogP contribution in [0.2, 0.25) is 10.0 Å². The number of hydrogen-bond acceptors (Lipinski definition) is 4. The molecular formula is C27H19BrCl2N4O. The molecule has 1 saturated carbocycles. The van der Waals surface area contributed by atoms with Crippen LogP contribution in [0, 0.1) is 6.92 Å². The molecule has 1 aliphatic carbocycles. The fraction of sp³-hybridized carbons (Fsp3) is 0.148. The molecule has 0 N–H and O–H groups in total. The lowest BCUT2D eigenvalue weighted by atomic mass is 9.96. The summed E-state index contributed by atoms with van der Waals surface area (Å²) >= 11 is 16.2. The normalized spacial score (nSPS) is 14.3. The van der Waals surface area contributed by atoms with E-state index in [1.165, 1.54) is 0 Å². The van der Waals surface area contributed by atoms with E-state index in [0.29, 0.717) is 33.3 Å². The van der Waals surface area contributed by atoms with Crippen LogP contribution in [0.1, 0.15) is 30.0 Å². The standard InChI is InChI=1S/C27H19BrCl2N4O/c1-16-23(25-32-33-26(35-25)27(14-15-27)17-6-10-19(29)11-7-17)31-24(21-4-2-3-5-22(21)30)34(16)20-12-8-18(28)9-13-20/h2-13H,14-15H2,1H3. The maximum Gasteiger partial charge on any atom is 0.268 e. The highest BCUT2D eigenvalue weighted by molar-refractivity contribution is 9.10. The quantitative estimate of drug-likeness (QED) is 0.216. The van der Waals surface area contributed by atoms with Crippen LogP contribution in [0.15, 0.2) is 81.7 Å². The monoisotopic (exact) mass is 564 g/mol. The van der Waals surface area contributed by atoms with Crippen molar-refractivity contribution in [1.29, 1.82) is 0 Å². The zero-order valence-corrected chi connectivity index (χ0v) is 21.8. The van der Waals surface area contributed by atoms with Gasteiger partial charge in [0.25, 0.3) is 5.89 Å². The predicted molar refractivity (Wildman–Crippen MR) is 141 cm³/mol. The molecule has 0 radical (unpaired) electrons. The average Bonchev–Trinajstić information content (AvgIpc) is 3.39. The van der Waals surface area contributed by atoms with E-state index < -0.39 is 0 Å². The lowest BCUT2D eigenvalue weighted by Crippen LogP contribution is -2.08. The fourth-order valence-corrected chi connectivity index (χ4v) is 5.08. The van der Waals surface area contributed by atoms with E-state index >= 15 is 0 Å². The largest absolute Gasteiger partial charge is 0.418 e. The van der Waals surface area contributed by atoms with E-state index in [4.69, 9.17) is 32.6 Å². The van der Waals surface area contributed by atoms with Gasteiger partial charge in [0.15, 0.2) is 0 Å². The number of nitrogens with zero attached hydrogens (tertiary/aromatic N) is 4. The summed E-state index contributed by atoms with van der Waals surface area (Å²) in [5.74, 6) is 1.71. The topological polar surface area (TPSA) is 56.7 Å². The van der Waals surface area contributed by atoms with Gasteiger partial charge in [-0.2, -0.15) is 0 Å². The van der Waals surface area contributed by atoms with Crippen molar-refractivity contribution >= 4 is 39.1 Å². The van der Waals surface area contributed by atoms with Crippen molar-refractivity contribution in [2.75, 3.05) is 0 Å². The highest BCUT2D eigenvalue weighted by Gasteiger charge is 2.51. The molecule has 1 fully saturated rings. The molecule has 0 spiro atoms. The van der Waals surface area contributed by atoms with E-state index in [9.17, 15) is 0 Å². The summed E-state index contributed by atoms with van der Waals surface area (Å²) in [6.07, 6.45) is 1.90. The van der Waals surface area contributed by atoms with Crippen LogP contribution in [0.4, 0.5) is 0 Å². The molecule has 5 aromatic rings. The summed E-state index contributed by atoms with van der Waals surface area (Å²) in [5.41, 5.74) is 4.17. The summed E-state index contributed by atoms with van der Waals surface area (Å²) in [4.78, 5) is 4.96. The van der Waals surface area contributed by atoms with Gasteiger partial charge in [0.2, 0.25) is 5.89 Å². The minimum Gasteiger partial charge on any atom is -0.418 e. The SMILES string of the molecule is Cc1c(-c2nnc(C3(c4ccc(Cl)cc4)CC3)o2)nc(-c2ccccc2Cl)n1-c1ccc(Br)cc1. The Morgan fingerprint density at radius 2 is 1.63 bits per heavy atom. The molecule has 0 atom stereocenters. The molecule has 2 heterocycles. The van der Waals surface area contributed by atoms with Crippen LogP contribution < -0.4 is 0 Å². The number of rotatable bonds is 5. The van der Waals surface area contributed by atoms with Gasteiger partial charge in [0, 0.05) is 20.7 Å². The van der Waals surface area contributed by atoms with Crippen LogP contribution in [0.25, 0.3) is 28.7 Å². The van der Waals surface area contributed by atoms with Crippen molar-refractivity contribution in [2.24, 2.45) is 0 Å². The molecule has 0 amide bonds. The van der Waals surface area contributed by atoms with Crippen molar-refractivity contribution in [3.63, 3.8) is 0 Å². The average molecular weight is 566 g/mol. The van der Waals surface area contributed by atoms with E-state index in [2.05, 4.69) is 30.7 Å². The van der Waals surface area contributed by atoms with E-state index in [0.717, 1.165) is 39.8 Å². The lowest BCUT2D eigenvalue weighted by molar-refractivity contribution is 0.471. The van der Waals surface area contributed by atoms with Crippen LogP contribution in [-0.2, 0) is 5.41 Å². The highest BCUT2D eigenvalue weighted by atomic mass is 79.9. The van der Waals surface area contributed by atoms with Crippen molar-refractivity contribution in [3.8, 4) is 28.7 Å². The van der Waals surface area contributed by atoms with E-state index in [1.807, 2.05) is 79.7 Å². The maximum atomic E-state index is 6.58. The minimum absolute atomic E-state index is 0.260. The Bertz CT molecular complexity index is 1540. The van der Waals surface area contributed by atoms with Gasteiger partial charge in [0.1, 0.15) is 11.5 Å². The fourth-order valence-electron chi connectivity index (χ4n) is 4.47. The molecule has 6 rings (SSSR count). The Balaban J connectivity index is 1.48. The van der Waals surface area contributed by atoms with Gasteiger partial charge in [-0.3, -0.25) is 4.57 Å². The van der Waals surface area contributed by atoms with Gasteiger partial charge in [-0.25, -0.2) is 4.98 Å². The molecule has 2 aromatic heterocycles. The molecule has 3 aromatic carbocycles. The Labute approximate surface area is 220 Å². The van der Waals surface area contributed by atoms with Crippen molar-refractivity contribution in [1.82, 2.24) is 19.7 Å². The van der Waals surface area contributed by atoms with Crippen LogP contribution in [0.3, 0.4) is 0 Å². The van der Waals surface area contributed by atoms with Gasteiger partial charge in [-0.15, -0.1) is 10.2 Å². The second-order valence-electron chi connectivity index (χ2n) is 8.66. The van der Waals surface area contributed by atoms with Gasteiger partial charge < -0.3 is 4.42 Å². The number of imidazole rings is 1. The van der Waals surface area contributed by atoms with Gasteiger partial charge in [-0.1, -0.05) is 63.4 Å². The first kappa shape index (κ1) is 22.5. The summed E-state index contributed by atoms with van der Waals surface area (Å²) in [5, 5.41) is 10.2.